The maximum absolute atomic E-state index is 13.5. The van der Waals surface area contributed by atoms with Crippen LogP contribution in [0.2, 0.25) is 20.3 Å². The van der Waals surface area contributed by atoms with E-state index in [1.165, 1.54) is 16.9 Å². The molecule has 216 valence electrons. The van der Waals surface area contributed by atoms with E-state index < -0.39 is 23.6 Å². The second-order valence-electron chi connectivity index (χ2n) is 10.7. The van der Waals surface area contributed by atoms with E-state index >= 15 is 0 Å². The Bertz CT molecular complexity index is 1380. The topological polar surface area (TPSA) is 110 Å². The summed E-state index contributed by atoms with van der Waals surface area (Å²) in [6.07, 6.45) is 1.70. The van der Waals surface area contributed by atoms with E-state index in [2.05, 4.69) is 10.4 Å². The lowest BCUT2D eigenvalue weighted by atomic mass is 9.81. The van der Waals surface area contributed by atoms with Gasteiger partial charge in [-0.25, -0.2) is 4.79 Å². The highest BCUT2D eigenvalue weighted by Gasteiger charge is 2.41. The van der Waals surface area contributed by atoms with E-state index in [1.54, 1.807) is 44.9 Å². The Morgan fingerprint density at radius 2 is 1.88 bits per heavy atom. The number of carbonyl (C=O) groups is 2. The van der Waals surface area contributed by atoms with Crippen molar-refractivity contribution < 1.29 is 23.8 Å². The van der Waals surface area contributed by atoms with Crippen molar-refractivity contribution in [3.63, 3.8) is 0 Å². The van der Waals surface area contributed by atoms with E-state index in [0.29, 0.717) is 39.2 Å². The number of aliphatic hydroxyl groups is 1. The lowest BCUT2D eigenvalue weighted by Crippen LogP contribution is -2.58. The lowest BCUT2D eigenvalue weighted by molar-refractivity contribution is 0.0000287. The monoisotopic (exact) mass is 630 g/mol. The number of carbonyl (C=O) groups excluding carboxylic acids is 2. The third-order valence-electron chi connectivity index (χ3n) is 6.68. The summed E-state index contributed by atoms with van der Waals surface area (Å²) in [4.78, 5) is 28.2. The molecule has 1 aliphatic heterocycles. The van der Waals surface area contributed by atoms with Crippen molar-refractivity contribution >= 4 is 58.4 Å². The molecule has 1 fully saturated rings. The van der Waals surface area contributed by atoms with Crippen molar-refractivity contribution in [2.24, 2.45) is 7.05 Å². The summed E-state index contributed by atoms with van der Waals surface area (Å²) < 4.78 is 12.8. The number of piperidine rings is 1. The molecule has 1 aliphatic rings. The number of aliphatic hydroxyl groups excluding tert-OH is 1. The molecule has 4 rings (SSSR count). The fourth-order valence-electron chi connectivity index (χ4n) is 4.89. The molecule has 2 amide bonds. The summed E-state index contributed by atoms with van der Waals surface area (Å²) >= 11 is 25.1. The van der Waals surface area contributed by atoms with Crippen LogP contribution in [0.1, 0.15) is 55.6 Å². The molecule has 3 atom stereocenters. The number of likely N-dealkylation sites (tertiary alicyclic amines) is 1. The molecule has 0 bridgehead atoms. The number of benzene rings is 1. The average molecular weight is 632 g/mol. The van der Waals surface area contributed by atoms with Crippen LogP contribution in [-0.4, -0.2) is 62.6 Å². The molecule has 13 heteroatoms. The van der Waals surface area contributed by atoms with Gasteiger partial charge in [0, 0.05) is 38.2 Å². The lowest BCUT2D eigenvalue weighted by Gasteiger charge is -2.44. The van der Waals surface area contributed by atoms with Gasteiger partial charge in [0.15, 0.2) is 5.76 Å². The molecule has 40 heavy (non-hydrogen) atoms. The molecule has 9 nitrogen and oxygen atoms in total. The summed E-state index contributed by atoms with van der Waals surface area (Å²) in [6, 6.07) is 5.86. The van der Waals surface area contributed by atoms with Gasteiger partial charge >= 0.3 is 6.09 Å². The number of ether oxygens (including phenoxy) is 1. The van der Waals surface area contributed by atoms with Crippen molar-refractivity contribution in [2.45, 2.75) is 57.2 Å². The van der Waals surface area contributed by atoms with E-state index in [9.17, 15) is 14.7 Å². The number of nitrogens with one attached hydrogen (secondary N) is 1. The van der Waals surface area contributed by atoms with Crippen LogP contribution >= 0.6 is 46.4 Å². The van der Waals surface area contributed by atoms with Crippen molar-refractivity contribution in [3.8, 4) is 11.3 Å². The normalized spacial score (nSPS) is 19.5. The predicted octanol–water partition coefficient (Wildman–Crippen LogP) is 6.57. The van der Waals surface area contributed by atoms with Gasteiger partial charge in [-0.3, -0.25) is 9.48 Å². The molecule has 1 saturated heterocycles. The van der Waals surface area contributed by atoms with Gasteiger partial charge in [0.05, 0.1) is 38.6 Å². The number of aryl methyl sites for hydroxylation is 1. The number of furan rings is 1. The minimum absolute atomic E-state index is 0.0151. The van der Waals surface area contributed by atoms with E-state index in [-0.39, 0.29) is 36.1 Å². The van der Waals surface area contributed by atoms with Gasteiger partial charge in [-0.15, -0.1) is 0 Å². The summed E-state index contributed by atoms with van der Waals surface area (Å²) in [7, 11) is 1.70. The molecule has 2 N–H and O–H groups in total. The number of halogens is 4. The Labute approximate surface area is 252 Å². The van der Waals surface area contributed by atoms with E-state index in [1.807, 2.05) is 6.07 Å². The molecule has 3 heterocycles. The van der Waals surface area contributed by atoms with Gasteiger partial charge in [0.2, 0.25) is 5.22 Å². The van der Waals surface area contributed by atoms with Crippen molar-refractivity contribution in [3.05, 3.63) is 62.1 Å². The molecular weight excluding hydrogens is 602 g/mol. The van der Waals surface area contributed by atoms with Crippen molar-refractivity contribution in [2.75, 3.05) is 13.2 Å². The minimum atomic E-state index is -0.728. The highest BCUT2D eigenvalue weighted by Crippen LogP contribution is 2.38. The molecule has 1 unspecified atom stereocenters. The summed E-state index contributed by atoms with van der Waals surface area (Å²) in [5.74, 6) is -0.844. The van der Waals surface area contributed by atoms with Crippen molar-refractivity contribution in [1.82, 2.24) is 20.0 Å². The third-order valence-corrected chi connectivity index (χ3v) is 7.98. The number of hydrogen-bond acceptors (Lipinski definition) is 6. The molecule has 0 spiro atoms. The van der Waals surface area contributed by atoms with Crippen LogP contribution in [0, 0.1) is 0 Å². The second-order valence-corrected chi connectivity index (χ2v) is 12.2. The first-order chi connectivity index (χ1) is 18.8. The number of aromatic nitrogens is 2. The molecule has 0 aliphatic carbocycles. The van der Waals surface area contributed by atoms with Gasteiger partial charge in [0.1, 0.15) is 5.60 Å². The van der Waals surface area contributed by atoms with Crippen LogP contribution in [0.4, 0.5) is 4.79 Å². The summed E-state index contributed by atoms with van der Waals surface area (Å²) in [5.41, 5.74) is 1.02. The summed E-state index contributed by atoms with van der Waals surface area (Å²) in [5, 5.41) is 18.0. The Balaban J connectivity index is 1.67. The van der Waals surface area contributed by atoms with Crippen LogP contribution in [0.5, 0.6) is 0 Å². The maximum atomic E-state index is 13.5. The van der Waals surface area contributed by atoms with Crippen LogP contribution < -0.4 is 5.32 Å². The fourth-order valence-corrected chi connectivity index (χ4v) is 5.69. The number of hydrogen-bond donors (Lipinski definition) is 2. The number of rotatable bonds is 6. The Kier molecular flexibility index (Phi) is 9.31. The van der Waals surface area contributed by atoms with Gasteiger partial charge in [0.25, 0.3) is 5.91 Å². The molecule has 2 aromatic heterocycles. The second kappa shape index (κ2) is 12.2. The zero-order chi connectivity index (χ0) is 29.4. The van der Waals surface area contributed by atoms with Gasteiger partial charge in [-0.05, 0) is 62.9 Å². The first-order valence-electron chi connectivity index (χ1n) is 12.6. The number of nitrogens with zero attached hydrogens (tertiary/aromatic N) is 3. The highest BCUT2D eigenvalue weighted by atomic mass is 35.5. The summed E-state index contributed by atoms with van der Waals surface area (Å²) in [6.45, 7) is 5.33. The molecule has 0 radical (unpaired) electrons. The quantitative estimate of drug-likeness (QED) is 0.318. The SMILES string of the molecule is Cn1ncc(Cl)c1-c1cc(C(=O)N[C@@H]2CN(C(=O)OC(C)(C)C)C(CCO)C[C@H]2c2ccc(Cl)c(Cl)c2)oc1Cl. The predicted molar refractivity (Wildman–Crippen MR) is 154 cm³/mol. The van der Waals surface area contributed by atoms with Crippen LogP contribution in [0.15, 0.2) is 34.9 Å². The third kappa shape index (κ3) is 6.71. The molecule has 0 saturated carbocycles. The number of amides is 2. The largest absolute Gasteiger partial charge is 0.444 e. The zero-order valence-corrected chi connectivity index (χ0v) is 25.4. The van der Waals surface area contributed by atoms with Gasteiger partial charge < -0.3 is 24.5 Å². The van der Waals surface area contributed by atoms with Crippen LogP contribution in [-0.2, 0) is 11.8 Å². The highest BCUT2D eigenvalue weighted by molar-refractivity contribution is 6.42. The average Bonchev–Trinajstić information content (AvgIpc) is 3.41. The first kappa shape index (κ1) is 30.5. The molecule has 3 aromatic rings. The van der Waals surface area contributed by atoms with Crippen LogP contribution in [0.25, 0.3) is 11.3 Å². The Hall–Kier alpha value is -2.43. The standard InChI is InChI=1S/C27H30Cl4N4O5/c1-27(2,3)40-26(38)35-13-21(16(10-15(35)7-8-36)14-5-6-18(28)19(29)9-14)33-25(37)22-11-17(24(31)39-22)23-20(30)12-32-34(23)4/h5-6,9,11-12,15-16,21,36H,7-8,10,13H2,1-4H3,(H,33,37)/t15?,16-,21+/m0/s1. The van der Waals surface area contributed by atoms with E-state index in [4.69, 9.17) is 55.6 Å². The Morgan fingerprint density at radius 1 is 1.15 bits per heavy atom. The maximum Gasteiger partial charge on any atom is 0.410 e. The van der Waals surface area contributed by atoms with Crippen molar-refractivity contribution in [1.29, 1.82) is 0 Å². The first-order valence-corrected chi connectivity index (χ1v) is 14.1. The smallest absolute Gasteiger partial charge is 0.410 e. The van der Waals surface area contributed by atoms with Gasteiger partial charge in [-0.2, -0.15) is 5.10 Å². The van der Waals surface area contributed by atoms with Gasteiger partial charge in [-0.1, -0.05) is 40.9 Å². The van der Waals surface area contributed by atoms with Crippen LogP contribution in [0.3, 0.4) is 0 Å². The zero-order valence-electron chi connectivity index (χ0n) is 22.4. The fraction of sp³-hybridized carbons (Fsp3) is 0.444. The van der Waals surface area contributed by atoms with E-state index in [0.717, 1.165) is 5.56 Å². The molecular formula is C27H30Cl4N4O5. The minimum Gasteiger partial charge on any atom is -0.444 e. The molecule has 1 aromatic carbocycles. The Morgan fingerprint density at radius 3 is 2.48 bits per heavy atom.